The quantitative estimate of drug-likeness (QED) is 0.461. The van der Waals surface area contributed by atoms with Gasteiger partial charge in [-0.2, -0.15) is 0 Å². The second-order valence-electron chi connectivity index (χ2n) is 6.24. The van der Waals surface area contributed by atoms with Crippen molar-refractivity contribution in [1.29, 1.82) is 0 Å². The zero-order valence-corrected chi connectivity index (χ0v) is 16.6. The third-order valence-electron chi connectivity index (χ3n) is 4.30. The average molecular weight is 409 g/mol. The van der Waals surface area contributed by atoms with Crippen LogP contribution in [0, 0.1) is 0 Å². The molecule has 0 saturated heterocycles. The van der Waals surface area contributed by atoms with E-state index in [0.29, 0.717) is 10.2 Å². The fraction of sp³-hybridized carbons (Fsp3) is 0.0952. The molecule has 1 heterocycles. The molecular formula is C21H17ClN4OS. The van der Waals surface area contributed by atoms with Crippen LogP contribution in [0.4, 0.5) is 5.69 Å². The molecule has 0 bridgehead atoms. The van der Waals surface area contributed by atoms with Crippen molar-refractivity contribution in [2.24, 2.45) is 0 Å². The van der Waals surface area contributed by atoms with E-state index in [1.54, 1.807) is 6.33 Å². The molecule has 0 aliphatic rings. The molecule has 1 N–H and O–H groups in total. The van der Waals surface area contributed by atoms with Crippen molar-refractivity contribution in [2.45, 2.75) is 17.3 Å². The van der Waals surface area contributed by atoms with Crippen LogP contribution in [0.3, 0.4) is 0 Å². The molecular weight excluding hydrogens is 392 g/mol. The monoisotopic (exact) mass is 408 g/mol. The lowest BCUT2D eigenvalue weighted by Crippen LogP contribution is -2.23. The third kappa shape index (κ3) is 3.88. The Morgan fingerprint density at radius 3 is 2.75 bits per heavy atom. The predicted molar refractivity (Wildman–Crippen MR) is 114 cm³/mol. The van der Waals surface area contributed by atoms with Gasteiger partial charge in [0, 0.05) is 16.1 Å². The van der Waals surface area contributed by atoms with Crippen molar-refractivity contribution in [3.63, 3.8) is 0 Å². The summed E-state index contributed by atoms with van der Waals surface area (Å²) in [6.45, 7) is 1.85. The highest BCUT2D eigenvalue weighted by Crippen LogP contribution is 2.27. The lowest BCUT2D eigenvalue weighted by Gasteiger charge is -2.14. The molecule has 0 aliphatic carbocycles. The van der Waals surface area contributed by atoms with Gasteiger partial charge in [-0.15, -0.1) is 10.2 Å². The molecule has 0 spiro atoms. The first kappa shape index (κ1) is 18.5. The van der Waals surface area contributed by atoms with E-state index in [-0.39, 0.29) is 11.2 Å². The van der Waals surface area contributed by atoms with Gasteiger partial charge in [0.1, 0.15) is 6.33 Å². The van der Waals surface area contributed by atoms with Gasteiger partial charge in [-0.05, 0) is 36.6 Å². The fourth-order valence-corrected chi connectivity index (χ4v) is 3.92. The highest BCUT2D eigenvalue weighted by Gasteiger charge is 2.19. The van der Waals surface area contributed by atoms with E-state index in [9.17, 15) is 4.79 Å². The Bertz CT molecular complexity index is 1140. The highest BCUT2D eigenvalue weighted by molar-refractivity contribution is 8.00. The van der Waals surface area contributed by atoms with Crippen molar-refractivity contribution in [3.05, 3.63) is 78.1 Å². The number of carbonyl (C=O) groups excluding carboxylic acids is 1. The second-order valence-corrected chi connectivity index (χ2v) is 7.98. The van der Waals surface area contributed by atoms with Gasteiger partial charge in [-0.25, -0.2) is 0 Å². The van der Waals surface area contributed by atoms with Gasteiger partial charge >= 0.3 is 0 Å². The number of amides is 1. The van der Waals surface area contributed by atoms with E-state index in [4.69, 9.17) is 11.6 Å². The maximum absolute atomic E-state index is 12.8. The minimum Gasteiger partial charge on any atom is -0.325 e. The number of hydrogen-bond donors (Lipinski definition) is 1. The Morgan fingerprint density at radius 2 is 1.89 bits per heavy atom. The standard InChI is InChI=1S/C21H17ClN4OS/c1-14(20(27)24-19-11-4-7-15-6-2-3-10-18(15)19)28-21-25-23-13-26(21)17-9-5-8-16(22)12-17/h2-14H,1H3,(H,24,27). The minimum atomic E-state index is -0.360. The molecule has 7 heteroatoms. The van der Waals surface area contributed by atoms with Gasteiger partial charge < -0.3 is 5.32 Å². The van der Waals surface area contributed by atoms with Crippen LogP contribution in [-0.2, 0) is 4.79 Å². The number of aromatic nitrogens is 3. The molecule has 1 aromatic heterocycles. The van der Waals surface area contributed by atoms with Gasteiger partial charge in [0.2, 0.25) is 5.91 Å². The van der Waals surface area contributed by atoms with Crippen LogP contribution >= 0.6 is 23.4 Å². The molecule has 0 aliphatic heterocycles. The molecule has 0 fully saturated rings. The number of thioether (sulfide) groups is 1. The lowest BCUT2D eigenvalue weighted by atomic mass is 10.1. The average Bonchev–Trinajstić information content (AvgIpc) is 3.16. The molecule has 28 heavy (non-hydrogen) atoms. The summed E-state index contributed by atoms with van der Waals surface area (Å²) in [6.07, 6.45) is 1.61. The lowest BCUT2D eigenvalue weighted by molar-refractivity contribution is -0.115. The third-order valence-corrected chi connectivity index (χ3v) is 5.59. The van der Waals surface area contributed by atoms with E-state index in [0.717, 1.165) is 22.1 Å². The number of nitrogens with one attached hydrogen (secondary N) is 1. The fourth-order valence-electron chi connectivity index (χ4n) is 2.89. The maximum atomic E-state index is 12.8. The Labute approximate surface area is 171 Å². The predicted octanol–water partition coefficient (Wildman–Crippen LogP) is 5.19. The second kappa shape index (κ2) is 8.04. The molecule has 0 saturated carbocycles. The van der Waals surface area contributed by atoms with Gasteiger partial charge in [0.15, 0.2) is 5.16 Å². The topological polar surface area (TPSA) is 59.8 Å². The van der Waals surface area contributed by atoms with Gasteiger partial charge in [-0.3, -0.25) is 9.36 Å². The van der Waals surface area contributed by atoms with E-state index in [2.05, 4.69) is 15.5 Å². The first-order valence-corrected chi connectivity index (χ1v) is 9.99. The Hall–Kier alpha value is -2.83. The summed E-state index contributed by atoms with van der Waals surface area (Å²) in [4.78, 5) is 12.8. The summed E-state index contributed by atoms with van der Waals surface area (Å²) < 4.78 is 1.82. The van der Waals surface area contributed by atoms with Crippen LogP contribution in [0.1, 0.15) is 6.92 Å². The van der Waals surface area contributed by atoms with Gasteiger partial charge in [-0.1, -0.05) is 65.8 Å². The number of nitrogens with zero attached hydrogens (tertiary/aromatic N) is 3. The Kier molecular flexibility index (Phi) is 5.32. The Balaban J connectivity index is 1.52. The number of benzene rings is 3. The van der Waals surface area contributed by atoms with E-state index in [1.165, 1.54) is 11.8 Å². The molecule has 140 valence electrons. The molecule has 5 nitrogen and oxygen atoms in total. The van der Waals surface area contributed by atoms with Crippen LogP contribution < -0.4 is 5.32 Å². The summed E-state index contributed by atoms with van der Waals surface area (Å²) >= 11 is 7.43. The van der Waals surface area contributed by atoms with Gasteiger partial charge in [0.25, 0.3) is 0 Å². The molecule has 1 atom stereocenters. The van der Waals surface area contributed by atoms with Crippen molar-refractivity contribution >= 4 is 45.7 Å². The largest absolute Gasteiger partial charge is 0.325 e. The smallest absolute Gasteiger partial charge is 0.237 e. The summed E-state index contributed by atoms with van der Waals surface area (Å²) in [5.74, 6) is -0.0954. The van der Waals surface area contributed by atoms with Crippen molar-refractivity contribution < 1.29 is 4.79 Å². The molecule has 4 aromatic rings. The molecule has 4 rings (SSSR count). The summed E-state index contributed by atoms with van der Waals surface area (Å²) in [5.41, 5.74) is 1.65. The number of anilines is 1. The maximum Gasteiger partial charge on any atom is 0.237 e. The number of fused-ring (bicyclic) bond motifs is 1. The molecule has 3 aromatic carbocycles. The number of halogens is 1. The SMILES string of the molecule is CC(Sc1nncn1-c1cccc(Cl)c1)C(=O)Nc1cccc2ccccc12. The van der Waals surface area contributed by atoms with Crippen LogP contribution in [0.15, 0.2) is 78.2 Å². The zero-order valence-electron chi connectivity index (χ0n) is 15.0. The summed E-state index contributed by atoms with van der Waals surface area (Å²) in [7, 11) is 0. The minimum absolute atomic E-state index is 0.0954. The first-order valence-electron chi connectivity index (χ1n) is 8.73. The van der Waals surface area contributed by atoms with Gasteiger partial charge in [0.05, 0.1) is 10.9 Å². The van der Waals surface area contributed by atoms with Crippen molar-refractivity contribution in [2.75, 3.05) is 5.32 Å². The summed E-state index contributed by atoms with van der Waals surface area (Å²) in [5, 5.41) is 14.2. The molecule has 1 amide bonds. The zero-order chi connectivity index (χ0) is 19.5. The number of rotatable bonds is 5. The van der Waals surface area contributed by atoms with E-state index in [1.807, 2.05) is 78.2 Å². The molecule has 0 radical (unpaired) electrons. The first-order chi connectivity index (χ1) is 13.6. The summed E-state index contributed by atoms with van der Waals surface area (Å²) in [6, 6.07) is 21.3. The van der Waals surface area contributed by atoms with Crippen molar-refractivity contribution in [3.8, 4) is 5.69 Å². The normalized spacial score (nSPS) is 12.1. The number of carbonyl (C=O) groups is 1. The Morgan fingerprint density at radius 1 is 1.11 bits per heavy atom. The van der Waals surface area contributed by atoms with Crippen LogP contribution in [-0.4, -0.2) is 25.9 Å². The van der Waals surface area contributed by atoms with Crippen molar-refractivity contribution in [1.82, 2.24) is 14.8 Å². The highest BCUT2D eigenvalue weighted by atomic mass is 35.5. The van der Waals surface area contributed by atoms with Crippen LogP contribution in [0.5, 0.6) is 0 Å². The van der Waals surface area contributed by atoms with E-state index < -0.39 is 0 Å². The van der Waals surface area contributed by atoms with Crippen LogP contribution in [0.25, 0.3) is 16.5 Å². The molecule has 1 unspecified atom stereocenters. The van der Waals surface area contributed by atoms with E-state index >= 15 is 0 Å². The number of hydrogen-bond acceptors (Lipinski definition) is 4. The van der Waals surface area contributed by atoms with Crippen LogP contribution in [0.2, 0.25) is 5.02 Å².